The van der Waals surface area contributed by atoms with E-state index in [1.54, 1.807) is 6.08 Å². The molecule has 0 heterocycles. The first-order valence-electron chi connectivity index (χ1n) is 3.46. The molecule has 1 rings (SSSR count). The van der Waals surface area contributed by atoms with Gasteiger partial charge in [-0.3, -0.25) is 0 Å². The molecule has 0 saturated heterocycles. The lowest BCUT2D eigenvalue weighted by molar-refractivity contribution is 1.46. The summed E-state index contributed by atoms with van der Waals surface area (Å²) in [6, 6.07) is 9.98. The second kappa shape index (κ2) is 3.58. The zero-order valence-electron chi connectivity index (χ0n) is 6.41. The van der Waals surface area contributed by atoms with Gasteiger partial charge in [-0.1, -0.05) is 29.8 Å². The number of allylic oxidation sites excluding steroid dienone is 1. The van der Waals surface area contributed by atoms with Gasteiger partial charge in [0.2, 0.25) is 0 Å². The molecule has 0 spiro atoms. The maximum absolute atomic E-state index is 8.25. The van der Waals surface area contributed by atoms with Crippen LogP contribution in [-0.4, -0.2) is 0 Å². The summed E-state index contributed by atoms with van der Waals surface area (Å²) in [5.74, 6) is 0. The van der Waals surface area contributed by atoms with Gasteiger partial charge in [0.1, 0.15) is 0 Å². The van der Waals surface area contributed by atoms with Crippen LogP contribution in [0.2, 0.25) is 0 Å². The van der Waals surface area contributed by atoms with Gasteiger partial charge in [0, 0.05) is 6.08 Å². The van der Waals surface area contributed by atoms with Crippen LogP contribution in [-0.2, 0) is 0 Å². The summed E-state index contributed by atoms with van der Waals surface area (Å²) in [5, 5.41) is 8.25. The summed E-state index contributed by atoms with van der Waals surface area (Å²) in [7, 11) is 0. The highest BCUT2D eigenvalue weighted by molar-refractivity contribution is 5.51. The van der Waals surface area contributed by atoms with Crippen LogP contribution in [0.3, 0.4) is 0 Å². The third-order valence-electron chi connectivity index (χ3n) is 1.43. The van der Waals surface area contributed by atoms with E-state index in [4.69, 9.17) is 5.26 Å². The monoisotopic (exact) mass is 143 g/mol. The Bertz CT molecular complexity index is 288. The molecule has 0 aromatic heterocycles. The normalized spacial score (nSPS) is 9.82. The molecule has 1 heteroatoms. The predicted molar refractivity (Wildman–Crippen MR) is 45.8 cm³/mol. The minimum Gasteiger partial charge on any atom is -0.193 e. The number of aryl methyl sites for hydroxylation is 1. The lowest BCUT2D eigenvalue weighted by Gasteiger charge is -1.92. The Labute approximate surface area is 66.6 Å². The SMILES string of the molecule is Cc1ccc(C=CC#N)cc1. The third kappa shape index (κ3) is 2.27. The van der Waals surface area contributed by atoms with Crippen LogP contribution in [0.1, 0.15) is 11.1 Å². The Morgan fingerprint density at radius 3 is 2.45 bits per heavy atom. The molecule has 0 aliphatic carbocycles. The van der Waals surface area contributed by atoms with E-state index >= 15 is 0 Å². The van der Waals surface area contributed by atoms with Crippen molar-refractivity contribution in [3.8, 4) is 6.07 Å². The van der Waals surface area contributed by atoms with Crippen molar-refractivity contribution in [1.82, 2.24) is 0 Å². The number of nitrogens with zero attached hydrogens (tertiary/aromatic N) is 1. The first-order chi connectivity index (χ1) is 5.33. The van der Waals surface area contributed by atoms with Crippen LogP contribution in [0.4, 0.5) is 0 Å². The van der Waals surface area contributed by atoms with Crippen molar-refractivity contribution in [3.05, 3.63) is 41.5 Å². The lowest BCUT2D eigenvalue weighted by Crippen LogP contribution is -1.72. The fourth-order valence-corrected chi connectivity index (χ4v) is 0.811. The van der Waals surface area contributed by atoms with E-state index in [0.29, 0.717) is 0 Å². The van der Waals surface area contributed by atoms with E-state index in [9.17, 15) is 0 Å². The van der Waals surface area contributed by atoms with Crippen molar-refractivity contribution in [2.45, 2.75) is 6.92 Å². The third-order valence-corrected chi connectivity index (χ3v) is 1.43. The van der Waals surface area contributed by atoms with Gasteiger partial charge in [0.15, 0.2) is 0 Å². The average Bonchev–Trinajstić information content (AvgIpc) is 2.04. The van der Waals surface area contributed by atoms with E-state index in [2.05, 4.69) is 0 Å². The van der Waals surface area contributed by atoms with Crippen LogP contribution >= 0.6 is 0 Å². The van der Waals surface area contributed by atoms with Crippen LogP contribution in [0.5, 0.6) is 0 Å². The molecule has 1 aromatic carbocycles. The van der Waals surface area contributed by atoms with Crippen LogP contribution in [0, 0.1) is 18.3 Å². The van der Waals surface area contributed by atoms with Gasteiger partial charge in [-0.15, -0.1) is 0 Å². The molecule has 1 nitrogen and oxygen atoms in total. The number of hydrogen-bond acceptors (Lipinski definition) is 1. The number of hydrogen-bond donors (Lipinski definition) is 0. The molecule has 0 fully saturated rings. The first-order valence-corrected chi connectivity index (χ1v) is 3.46. The Hall–Kier alpha value is -1.55. The Balaban J connectivity index is 2.84. The fourth-order valence-electron chi connectivity index (χ4n) is 0.811. The van der Waals surface area contributed by atoms with Gasteiger partial charge >= 0.3 is 0 Å². The van der Waals surface area contributed by atoms with E-state index in [-0.39, 0.29) is 0 Å². The highest BCUT2D eigenvalue weighted by Crippen LogP contribution is 2.04. The lowest BCUT2D eigenvalue weighted by atomic mass is 10.1. The molecule has 0 atom stereocenters. The Kier molecular flexibility index (Phi) is 2.46. The van der Waals surface area contributed by atoms with Crippen molar-refractivity contribution in [2.75, 3.05) is 0 Å². The Morgan fingerprint density at radius 2 is 1.91 bits per heavy atom. The summed E-state index contributed by atoms with van der Waals surface area (Å²) in [5.41, 5.74) is 2.30. The second-order valence-electron chi connectivity index (χ2n) is 2.37. The van der Waals surface area contributed by atoms with Crippen molar-refractivity contribution < 1.29 is 0 Å². The standard InChI is InChI=1S/C10H9N/c1-9-4-6-10(7-5-9)3-2-8-11/h2-7H,1H3. The quantitative estimate of drug-likeness (QED) is 0.554. The van der Waals surface area contributed by atoms with Crippen LogP contribution in [0.25, 0.3) is 6.08 Å². The highest BCUT2D eigenvalue weighted by atomic mass is 14.2. The molecule has 11 heavy (non-hydrogen) atoms. The smallest absolute Gasteiger partial charge is 0.0912 e. The van der Waals surface area contributed by atoms with E-state index in [1.165, 1.54) is 11.6 Å². The van der Waals surface area contributed by atoms with Crippen molar-refractivity contribution in [3.63, 3.8) is 0 Å². The van der Waals surface area contributed by atoms with Gasteiger partial charge in [-0.25, -0.2) is 0 Å². The van der Waals surface area contributed by atoms with Crippen LogP contribution < -0.4 is 0 Å². The summed E-state index contributed by atoms with van der Waals surface area (Å²) in [6.07, 6.45) is 3.27. The maximum atomic E-state index is 8.25. The molecule has 0 unspecified atom stereocenters. The first kappa shape index (κ1) is 7.56. The van der Waals surface area contributed by atoms with Crippen molar-refractivity contribution >= 4 is 6.08 Å². The maximum Gasteiger partial charge on any atom is 0.0912 e. The predicted octanol–water partition coefficient (Wildman–Crippen LogP) is 2.53. The number of nitriles is 1. The fraction of sp³-hybridized carbons (Fsp3) is 0.100. The minimum atomic E-state index is 1.07. The molecule has 0 aliphatic rings. The zero-order valence-corrected chi connectivity index (χ0v) is 6.41. The molecular formula is C10H9N. The van der Waals surface area contributed by atoms with E-state index in [0.717, 1.165) is 5.56 Å². The zero-order chi connectivity index (χ0) is 8.10. The summed E-state index contributed by atoms with van der Waals surface area (Å²) in [4.78, 5) is 0. The Morgan fingerprint density at radius 1 is 1.27 bits per heavy atom. The van der Waals surface area contributed by atoms with E-state index in [1.807, 2.05) is 37.3 Å². The topological polar surface area (TPSA) is 23.8 Å². The van der Waals surface area contributed by atoms with Crippen LogP contribution in [0.15, 0.2) is 30.3 Å². The molecule has 0 radical (unpaired) electrons. The molecule has 54 valence electrons. The molecule has 0 bridgehead atoms. The highest BCUT2D eigenvalue weighted by Gasteiger charge is 1.84. The molecule has 1 aromatic rings. The molecular weight excluding hydrogens is 134 g/mol. The van der Waals surface area contributed by atoms with Crippen molar-refractivity contribution in [2.24, 2.45) is 0 Å². The molecule has 0 aliphatic heterocycles. The van der Waals surface area contributed by atoms with Gasteiger partial charge < -0.3 is 0 Å². The van der Waals surface area contributed by atoms with Gasteiger partial charge in [0.25, 0.3) is 0 Å². The van der Waals surface area contributed by atoms with Crippen molar-refractivity contribution in [1.29, 1.82) is 5.26 Å². The number of benzene rings is 1. The van der Waals surface area contributed by atoms with Gasteiger partial charge in [-0.2, -0.15) is 5.26 Å². The summed E-state index contributed by atoms with van der Waals surface area (Å²) in [6.45, 7) is 2.04. The molecule has 0 N–H and O–H groups in total. The number of rotatable bonds is 1. The average molecular weight is 143 g/mol. The summed E-state index contributed by atoms with van der Waals surface area (Å²) < 4.78 is 0. The van der Waals surface area contributed by atoms with Gasteiger partial charge in [0.05, 0.1) is 6.07 Å². The minimum absolute atomic E-state index is 1.07. The van der Waals surface area contributed by atoms with E-state index < -0.39 is 0 Å². The summed E-state index contributed by atoms with van der Waals surface area (Å²) >= 11 is 0. The largest absolute Gasteiger partial charge is 0.193 e. The van der Waals surface area contributed by atoms with Gasteiger partial charge in [-0.05, 0) is 18.6 Å². The molecule has 0 saturated carbocycles. The second-order valence-corrected chi connectivity index (χ2v) is 2.37. The molecule has 0 amide bonds.